The van der Waals surface area contributed by atoms with Crippen molar-refractivity contribution in [2.75, 3.05) is 6.54 Å². The molecule has 26 heavy (non-hydrogen) atoms. The van der Waals surface area contributed by atoms with Crippen molar-refractivity contribution in [1.29, 1.82) is 0 Å². The Hall–Kier alpha value is -1.91. The average molecular weight is 362 g/mol. The van der Waals surface area contributed by atoms with Gasteiger partial charge in [-0.15, -0.1) is 0 Å². The van der Waals surface area contributed by atoms with Gasteiger partial charge in [0.15, 0.2) is 0 Å². The minimum absolute atomic E-state index is 0.0318. The third-order valence-corrected chi connectivity index (χ3v) is 5.50. The van der Waals surface area contributed by atoms with Gasteiger partial charge in [0, 0.05) is 12.5 Å². The van der Waals surface area contributed by atoms with E-state index in [1.165, 1.54) is 31.4 Å². The number of carbonyl (C=O) groups is 2. The van der Waals surface area contributed by atoms with E-state index in [0.717, 1.165) is 37.2 Å². The zero-order chi connectivity index (χ0) is 18.9. The van der Waals surface area contributed by atoms with E-state index in [1.807, 2.05) is 0 Å². The predicted molar refractivity (Wildman–Crippen MR) is 101 cm³/mol. The summed E-state index contributed by atoms with van der Waals surface area (Å²) in [7, 11) is 0. The van der Waals surface area contributed by atoms with Crippen LogP contribution >= 0.6 is 0 Å². The summed E-state index contributed by atoms with van der Waals surface area (Å²) in [6.07, 6.45) is 8.26. The van der Waals surface area contributed by atoms with E-state index < -0.39 is 11.8 Å². The second-order valence-electron chi connectivity index (χ2n) is 7.53. The molecule has 0 radical (unpaired) electrons. The third kappa shape index (κ3) is 6.43. The Morgan fingerprint density at radius 2 is 1.85 bits per heavy atom. The van der Waals surface area contributed by atoms with E-state index >= 15 is 0 Å². The van der Waals surface area contributed by atoms with Crippen LogP contribution < -0.4 is 11.1 Å². The molecule has 5 heteroatoms. The number of primary amides is 1. The third-order valence-electron chi connectivity index (χ3n) is 5.50. The average Bonchev–Trinajstić information content (AvgIpc) is 2.65. The summed E-state index contributed by atoms with van der Waals surface area (Å²) in [6.45, 7) is 2.45. The normalized spacial score (nSPS) is 21.2. The Bertz CT molecular complexity index is 580. The number of nitrogens with one attached hydrogen (secondary N) is 1. The first-order chi connectivity index (χ1) is 12.5. The fourth-order valence-corrected chi connectivity index (χ4v) is 3.75. The lowest BCUT2D eigenvalue weighted by molar-refractivity contribution is -0.127. The smallest absolute Gasteiger partial charge is 0.223 e. The predicted octanol–water partition coefficient (Wildman–Crippen LogP) is 3.58. The molecule has 1 aromatic rings. The van der Waals surface area contributed by atoms with Crippen LogP contribution in [0.4, 0.5) is 4.39 Å². The fourth-order valence-electron chi connectivity index (χ4n) is 3.75. The molecule has 0 heterocycles. The number of nitrogens with two attached hydrogens (primary N) is 1. The minimum atomic E-state index is -0.481. The largest absolute Gasteiger partial charge is 0.369 e. The van der Waals surface area contributed by atoms with Gasteiger partial charge in [-0.25, -0.2) is 4.39 Å². The van der Waals surface area contributed by atoms with E-state index in [0.29, 0.717) is 6.42 Å². The summed E-state index contributed by atoms with van der Waals surface area (Å²) in [5.41, 5.74) is 6.31. The van der Waals surface area contributed by atoms with Crippen LogP contribution in [0.3, 0.4) is 0 Å². The summed E-state index contributed by atoms with van der Waals surface area (Å²) in [5, 5.41) is 2.91. The van der Waals surface area contributed by atoms with E-state index in [2.05, 4.69) is 12.2 Å². The second kappa shape index (κ2) is 10.3. The maximum atomic E-state index is 13.0. The quantitative estimate of drug-likeness (QED) is 0.705. The minimum Gasteiger partial charge on any atom is -0.369 e. The Labute approximate surface area is 155 Å². The van der Waals surface area contributed by atoms with Crippen molar-refractivity contribution in [3.63, 3.8) is 0 Å². The van der Waals surface area contributed by atoms with E-state index in [-0.39, 0.29) is 24.2 Å². The van der Waals surface area contributed by atoms with Gasteiger partial charge in [0.1, 0.15) is 5.82 Å². The molecule has 1 aliphatic carbocycles. The van der Waals surface area contributed by atoms with Gasteiger partial charge in [0.2, 0.25) is 11.8 Å². The Morgan fingerprint density at radius 3 is 2.42 bits per heavy atom. The van der Waals surface area contributed by atoms with Crippen molar-refractivity contribution in [3.05, 3.63) is 35.6 Å². The van der Waals surface area contributed by atoms with Gasteiger partial charge in [-0.3, -0.25) is 9.59 Å². The molecule has 1 unspecified atom stereocenters. The maximum Gasteiger partial charge on any atom is 0.223 e. The molecule has 4 nitrogen and oxygen atoms in total. The number of halogens is 1. The number of unbranched alkanes of at least 4 members (excludes halogenated alkanes) is 1. The molecule has 1 aliphatic rings. The number of amides is 2. The Morgan fingerprint density at radius 1 is 1.19 bits per heavy atom. The number of hydrogen-bond donors (Lipinski definition) is 2. The van der Waals surface area contributed by atoms with Crippen molar-refractivity contribution in [1.82, 2.24) is 5.32 Å². The highest BCUT2D eigenvalue weighted by Gasteiger charge is 2.27. The highest BCUT2D eigenvalue weighted by Crippen LogP contribution is 2.32. The molecule has 0 spiro atoms. The molecular formula is C21H31FN2O2. The van der Waals surface area contributed by atoms with Gasteiger partial charge in [0.25, 0.3) is 0 Å². The first-order valence-corrected chi connectivity index (χ1v) is 9.81. The molecule has 1 fully saturated rings. The maximum absolute atomic E-state index is 13.0. The van der Waals surface area contributed by atoms with Crippen molar-refractivity contribution in [2.45, 2.75) is 58.3 Å². The van der Waals surface area contributed by atoms with Crippen LogP contribution in [-0.2, 0) is 16.0 Å². The first kappa shape index (κ1) is 20.4. The molecule has 1 saturated carbocycles. The molecule has 0 saturated heterocycles. The van der Waals surface area contributed by atoms with Gasteiger partial charge in [-0.1, -0.05) is 38.3 Å². The van der Waals surface area contributed by atoms with Crippen molar-refractivity contribution < 1.29 is 14.0 Å². The molecule has 2 amide bonds. The molecule has 1 aromatic carbocycles. The summed E-state index contributed by atoms with van der Waals surface area (Å²) in [5.74, 6) is -0.400. The van der Waals surface area contributed by atoms with Gasteiger partial charge in [-0.05, 0) is 55.7 Å². The van der Waals surface area contributed by atoms with Crippen LogP contribution in [0.1, 0.15) is 57.4 Å². The van der Waals surface area contributed by atoms with Gasteiger partial charge >= 0.3 is 0 Å². The van der Waals surface area contributed by atoms with Crippen LogP contribution in [-0.4, -0.2) is 18.4 Å². The highest BCUT2D eigenvalue weighted by molar-refractivity contribution is 5.81. The van der Waals surface area contributed by atoms with Crippen molar-refractivity contribution in [3.8, 4) is 0 Å². The zero-order valence-electron chi connectivity index (χ0n) is 15.7. The molecule has 0 aromatic heterocycles. The zero-order valence-corrected chi connectivity index (χ0v) is 15.7. The molecule has 0 aliphatic heterocycles. The molecular weight excluding hydrogens is 331 g/mol. The Balaban J connectivity index is 1.78. The standard InChI is InChI=1S/C21H31FN2O2/c1-2-3-4-15-5-9-17(10-6-15)21(26)24-14-18(20(23)25)13-16-7-11-19(22)12-8-16/h7-8,11-12,15,17-18H,2-6,9-10,13-14H2,1H3,(H2,23,25)(H,24,26). The van der Waals surface area contributed by atoms with Crippen LogP contribution in [0.5, 0.6) is 0 Å². The van der Waals surface area contributed by atoms with Crippen LogP contribution in [0.2, 0.25) is 0 Å². The van der Waals surface area contributed by atoms with Crippen LogP contribution in [0.25, 0.3) is 0 Å². The lowest BCUT2D eigenvalue weighted by Crippen LogP contribution is -2.40. The van der Waals surface area contributed by atoms with Gasteiger partial charge in [0.05, 0.1) is 5.92 Å². The van der Waals surface area contributed by atoms with Gasteiger partial charge in [-0.2, -0.15) is 0 Å². The molecule has 2 rings (SSSR count). The van der Waals surface area contributed by atoms with E-state index in [4.69, 9.17) is 5.73 Å². The van der Waals surface area contributed by atoms with Crippen molar-refractivity contribution in [2.24, 2.45) is 23.5 Å². The van der Waals surface area contributed by atoms with E-state index in [9.17, 15) is 14.0 Å². The van der Waals surface area contributed by atoms with Crippen LogP contribution in [0.15, 0.2) is 24.3 Å². The number of hydrogen-bond acceptors (Lipinski definition) is 2. The number of rotatable bonds is 9. The Kier molecular flexibility index (Phi) is 8.07. The molecule has 144 valence electrons. The molecule has 1 atom stereocenters. The van der Waals surface area contributed by atoms with Crippen LogP contribution in [0, 0.1) is 23.6 Å². The molecule has 3 N–H and O–H groups in total. The fraction of sp³-hybridized carbons (Fsp3) is 0.619. The summed E-state index contributed by atoms with van der Waals surface area (Å²) >= 11 is 0. The van der Waals surface area contributed by atoms with Crippen molar-refractivity contribution >= 4 is 11.8 Å². The topological polar surface area (TPSA) is 72.2 Å². The SMILES string of the molecule is CCCCC1CCC(C(=O)NCC(Cc2ccc(F)cc2)C(N)=O)CC1. The highest BCUT2D eigenvalue weighted by atomic mass is 19.1. The van der Waals surface area contributed by atoms with Gasteiger partial charge < -0.3 is 11.1 Å². The summed E-state index contributed by atoms with van der Waals surface area (Å²) in [6, 6.07) is 6.02. The molecule has 0 bridgehead atoms. The van der Waals surface area contributed by atoms with E-state index in [1.54, 1.807) is 12.1 Å². The number of carbonyl (C=O) groups excluding carboxylic acids is 2. The second-order valence-corrected chi connectivity index (χ2v) is 7.53. The summed E-state index contributed by atoms with van der Waals surface area (Å²) < 4.78 is 13.0. The lowest BCUT2D eigenvalue weighted by atomic mass is 9.79. The monoisotopic (exact) mass is 362 g/mol. The number of benzene rings is 1. The first-order valence-electron chi connectivity index (χ1n) is 9.81. The lowest BCUT2D eigenvalue weighted by Gasteiger charge is -2.28. The summed E-state index contributed by atoms with van der Waals surface area (Å²) in [4.78, 5) is 24.1.